The normalized spacial score (nSPS) is 16.7. The van der Waals surface area contributed by atoms with E-state index in [9.17, 15) is 0 Å². The van der Waals surface area contributed by atoms with Crippen molar-refractivity contribution in [1.29, 1.82) is 0 Å². The van der Waals surface area contributed by atoms with Gasteiger partial charge in [0.05, 0.1) is 13.2 Å². The summed E-state index contributed by atoms with van der Waals surface area (Å²) >= 11 is 3.48. The number of hydrogen-bond acceptors (Lipinski definition) is 3. The highest BCUT2D eigenvalue weighted by molar-refractivity contribution is 9.10. The zero-order chi connectivity index (χ0) is 15.6. The van der Waals surface area contributed by atoms with Crippen LogP contribution >= 0.6 is 15.9 Å². The SMILES string of the molecule is CC(C)(c1ccc(-c2cncc(Br)c2)cc1)N1CCOCC1. The summed E-state index contributed by atoms with van der Waals surface area (Å²) in [6, 6.07) is 10.9. The molecule has 2 heterocycles. The quantitative estimate of drug-likeness (QED) is 0.824. The van der Waals surface area contributed by atoms with Crippen molar-refractivity contribution in [2.45, 2.75) is 19.4 Å². The Morgan fingerprint density at radius 1 is 1.05 bits per heavy atom. The molecule has 2 aromatic rings. The van der Waals surface area contributed by atoms with Crippen LogP contribution in [-0.2, 0) is 10.3 Å². The third-order valence-electron chi connectivity index (χ3n) is 4.43. The number of halogens is 1. The molecule has 1 aromatic heterocycles. The van der Waals surface area contributed by atoms with Crippen molar-refractivity contribution in [2.75, 3.05) is 26.3 Å². The van der Waals surface area contributed by atoms with Crippen LogP contribution in [0.15, 0.2) is 47.2 Å². The Hall–Kier alpha value is -1.23. The monoisotopic (exact) mass is 360 g/mol. The molecule has 1 aliphatic rings. The molecule has 4 heteroatoms. The van der Waals surface area contributed by atoms with Crippen LogP contribution in [0.1, 0.15) is 19.4 Å². The Balaban J connectivity index is 1.84. The molecule has 0 N–H and O–H groups in total. The van der Waals surface area contributed by atoms with E-state index in [-0.39, 0.29) is 5.54 Å². The summed E-state index contributed by atoms with van der Waals surface area (Å²) in [4.78, 5) is 6.73. The molecule has 1 fully saturated rings. The van der Waals surface area contributed by atoms with E-state index >= 15 is 0 Å². The molecule has 0 radical (unpaired) electrons. The van der Waals surface area contributed by atoms with Crippen LogP contribution in [-0.4, -0.2) is 36.2 Å². The zero-order valence-corrected chi connectivity index (χ0v) is 14.6. The van der Waals surface area contributed by atoms with E-state index in [2.05, 4.69) is 70.0 Å². The molecule has 0 saturated carbocycles. The first-order valence-corrected chi connectivity index (χ1v) is 8.41. The maximum absolute atomic E-state index is 5.47. The fraction of sp³-hybridized carbons (Fsp3) is 0.389. The van der Waals surface area contributed by atoms with Crippen LogP contribution in [0.3, 0.4) is 0 Å². The molecule has 1 saturated heterocycles. The number of rotatable bonds is 3. The van der Waals surface area contributed by atoms with Gasteiger partial charge in [-0.2, -0.15) is 0 Å². The van der Waals surface area contributed by atoms with Gasteiger partial charge in [0.15, 0.2) is 0 Å². The molecule has 1 aliphatic heterocycles. The molecule has 0 aliphatic carbocycles. The second-order valence-corrected chi connectivity index (χ2v) is 7.04. The Morgan fingerprint density at radius 2 is 1.73 bits per heavy atom. The average Bonchev–Trinajstić information content (AvgIpc) is 2.56. The highest BCUT2D eigenvalue weighted by Crippen LogP contribution is 2.30. The summed E-state index contributed by atoms with van der Waals surface area (Å²) in [5.41, 5.74) is 3.68. The first-order valence-electron chi connectivity index (χ1n) is 7.61. The molecule has 0 atom stereocenters. The van der Waals surface area contributed by atoms with Gasteiger partial charge in [0, 0.05) is 41.1 Å². The van der Waals surface area contributed by atoms with Gasteiger partial charge in [-0.3, -0.25) is 9.88 Å². The second kappa shape index (κ2) is 6.49. The molecule has 116 valence electrons. The molecule has 0 unspecified atom stereocenters. The van der Waals surface area contributed by atoms with Crippen molar-refractivity contribution in [3.63, 3.8) is 0 Å². The highest BCUT2D eigenvalue weighted by Gasteiger charge is 2.29. The number of morpholine rings is 1. The summed E-state index contributed by atoms with van der Waals surface area (Å²) in [5, 5.41) is 0. The van der Waals surface area contributed by atoms with Gasteiger partial charge in [0.1, 0.15) is 0 Å². The number of aromatic nitrogens is 1. The largest absolute Gasteiger partial charge is 0.379 e. The van der Waals surface area contributed by atoms with Crippen LogP contribution in [0.4, 0.5) is 0 Å². The second-order valence-electron chi connectivity index (χ2n) is 6.13. The van der Waals surface area contributed by atoms with Crippen LogP contribution in [0.25, 0.3) is 11.1 Å². The summed E-state index contributed by atoms with van der Waals surface area (Å²) < 4.78 is 6.47. The lowest BCUT2D eigenvalue weighted by Gasteiger charge is -2.41. The van der Waals surface area contributed by atoms with Crippen LogP contribution in [0, 0.1) is 0 Å². The average molecular weight is 361 g/mol. The van der Waals surface area contributed by atoms with Gasteiger partial charge >= 0.3 is 0 Å². The van der Waals surface area contributed by atoms with Crippen molar-refractivity contribution >= 4 is 15.9 Å². The van der Waals surface area contributed by atoms with Crippen molar-refractivity contribution < 1.29 is 4.74 Å². The van der Waals surface area contributed by atoms with E-state index in [1.807, 2.05) is 6.20 Å². The minimum Gasteiger partial charge on any atom is -0.379 e. The van der Waals surface area contributed by atoms with Gasteiger partial charge in [-0.25, -0.2) is 0 Å². The van der Waals surface area contributed by atoms with Gasteiger partial charge in [-0.15, -0.1) is 0 Å². The first-order chi connectivity index (χ1) is 10.6. The summed E-state index contributed by atoms with van der Waals surface area (Å²) in [6.07, 6.45) is 3.70. The van der Waals surface area contributed by atoms with Crippen LogP contribution in [0.2, 0.25) is 0 Å². The maximum Gasteiger partial charge on any atom is 0.0594 e. The minimum atomic E-state index is 0.0256. The molecule has 0 bridgehead atoms. The van der Waals surface area contributed by atoms with Crippen molar-refractivity contribution in [3.8, 4) is 11.1 Å². The molecule has 0 amide bonds. The van der Waals surface area contributed by atoms with E-state index in [1.54, 1.807) is 6.20 Å². The molecule has 22 heavy (non-hydrogen) atoms. The standard InChI is InChI=1S/C18H21BrN2O/c1-18(2,21-7-9-22-10-8-21)16-5-3-14(4-6-16)15-11-17(19)13-20-12-15/h3-6,11-13H,7-10H2,1-2H3. The Kier molecular flexibility index (Phi) is 4.62. The zero-order valence-electron chi connectivity index (χ0n) is 13.1. The fourth-order valence-electron chi connectivity index (χ4n) is 2.95. The number of ether oxygens (including phenoxy) is 1. The van der Waals surface area contributed by atoms with E-state index in [1.165, 1.54) is 11.1 Å². The van der Waals surface area contributed by atoms with Crippen LogP contribution in [0.5, 0.6) is 0 Å². The van der Waals surface area contributed by atoms with Crippen molar-refractivity contribution in [3.05, 3.63) is 52.8 Å². The number of hydrogen-bond donors (Lipinski definition) is 0. The van der Waals surface area contributed by atoms with Crippen LogP contribution < -0.4 is 0 Å². The Labute approximate surface area is 140 Å². The smallest absolute Gasteiger partial charge is 0.0594 e. The lowest BCUT2D eigenvalue weighted by molar-refractivity contribution is -0.0118. The molecular weight excluding hydrogens is 340 g/mol. The Bertz CT molecular complexity index is 634. The van der Waals surface area contributed by atoms with Gasteiger partial charge in [0.25, 0.3) is 0 Å². The number of benzene rings is 1. The summed E-state index contributed by atoms with van der Waals surface area (Å²) in [5.74, 6) is 0. The molecule has 1 aromatic carbocycles. The maximum atomic E-state index is 5.47. The minimum absolute atomic E-state index is 0.0256. The molecule has 3 rings (SSSR count). The Morgan fingerprint density at radius 3 is 2.36 bits per heavy atom. The fourth-order valence-corrected chi connectivity index (χ4v) is 3.31. The van der Waals surface area contributed by atoms with E-state index < -0.39 is 0 Å². The highest BCUT2D eigenvalue weighted by atomic mass is 79.9. The van der Waals surface area contributed by atoms with Crippen molar-refractivity contribution in [2.24, 2.45) is 0 Å². The van der Waals surface area contributed by atoms with E-state index in [0.717, 1.165) is 36.3 Å². The third-order valence-corrected chi connectivity index (χ3v) is 4.86. The van der Waals surface area contributed by atoms with Gasteiger partial charge in [-0.05, 0) is 47.0 Å². The summed E-state index contributed by atoms with van der Waals surface area (Å²) in [6.45, 7) is 8.20. The first kappa shape index (κ1) is 15.7. The predicted octanol–water partition coefficient (Wildman–Crippen LogP) is 4.08. The molecular formula is C18H21BrN2O. The predicted molar refractivity (Wildman–Crippen MR) is 92.8 cm³/mol. The van der Waals surface area contributed by atoms with E-state index in [0.29, 0.717) is 0 Å². The van der Waals surface area contributed by atoms with Gasteiger partial charge in [0.2, 0.25) is 0 Å². The molecule has 3 nitrogen and oxygen atoms in total. The lowest BCUT2D eigenvalue weighted by atomic mass is 9.90. The number of nitrogens with zero attached hydrogens (tertiary/aromatic N) is 2. The van der Waals surface area contributed by atoms with Gasteiger partial charge in [-0.1, -0.05) is 24.3 Å². The summed E-state index contributed by atoms with van der Waals surface area (Å²) in [7, 11) is 0. The van der Waals surface area contributed by atoms with Crippen molar-refractivity contribution in [1.82, 2.24) is 9.88 Å². The van der Waals surface area contributed by atoms with E-state index in [4.69, 9.17) is 4.74 Å². The van der Waals surface area contributed by atoms with Gasteiger partial charge < -0.3 is 4.74 Å². The molecule has 0 spiro atoms. The third kappa shape index (κ3) is 3.24. The lowest BCUT2D eigenvalue weighted by Crippen LogP contribution is -2.47. The topological polar surface area (TPSA) is 25.4 Å². The number of pyridine rings is 1.